The molecule has 0 aromatic heterocycles. The summed E-state index contributed by atoms with van der Waals surface area (Å²) < 4.78 is 1.49. The molecule has 0 bridgehead atoms. The second-order valence-corrected chi connectivity index (χ2v) is 19.2. The first-order valence-corrected chi connectivity index (χ1v) is 18.0. The van der Waals surface area contributed by atoms with Crippen molar-refractivity contribution >= 4 is 65.9 Å². The first kappa shape index (κ1) is 26.8. The molecule has 0 fully saturated rings. The molecule has 0 radical (unpaired) electrons. The van der Waals surface area contributed by atoms with Crippen LogP contribution in [-0.4, -0.2) is 19.9 Å². The van der Waals surface area contributed by atoms with Crippen molar-refractivity contribution in [1.29, 1.82) is 0 Å². The van der Waals surface area contributed by atoms with Gasteiger partial charge in [-0.15, -0.1) is 0 Å². The van der Waals surface area contributed by atoms with Crippen molar-refractivity contribution in [3.8, 4) is 0 Å². The minimum absolute atomic E-state index is 1.37. The van der Waals surface area contributed by atoms with Crippen LogP contribution in [0, 0.1) is 0 Å². The van der Waals surface area contributed by atoms with Gasteiger partial charge in [0.05, 0.1) is 0 Å². The van der Waals surface area contributed by atoms with Crippen LogP contribution >= 0.6 is 14.1 Å². The van der Waals surface area contributed by atoms with Crippen molar-refractivity contribution in [2.24, 2.45) is 0 Å². The molecular formula is C37H31P2Se+. The zero-order chi connectivity index (χ0) is 27.3. The fourth-order valence-electron chi connectivity index (χ4n) is 5.72. The van der Waals surface area contributed by atoms with E-state index in [1.54, 1.807) is 0 Å². The van der Waals surface area contributed by atoms with Crippen LogP contribution in [0.15, 0.2) is 182 Å². The van der Waals surface area contributed by atoms with E-state index in [0.29, 0.717) is 0 Å². The van der Waals surface area contributed by atoms with Gasteiger partial charge in [0, 0.05) is 0 Å². The van der Waals surface area contributed by atoms with E-state index < -0.39 is 14.1 Å². The molecule has 6 aromatic rings. The molecule has 0 spiro atoms. The van der Waals surface area contributed by atoms with Crippen molar-refractivity contribution in [2.45, 2.75) is 0 Å². The molecule has 0 amide bonds. The third-order valence-electron chi connectivity index (χ3n) is 7.46. The second-order valence-electron chi connectivity index (χ2n) is 9.65. The summed E-state index contributed by atoms with van der Waals surface area (Å²) in [4.78, 5) is 0. The van der Waals surface area contributed by atoms with Crippen LogP contribution in [0.25, 0.3) is 0 Å². The van der Waals surface area contributed by atoms with Crippen LogP contribution in [-0.2, 0) is 0 Å². The molecular weight excluding hydrogens is 585 g/mol. The van der Waals surface area contributed by atoms with Crippen molar-refractivity contribution < 1.29 is 0 Å². The van der Waals surface area contributed by atoms with E-state index in [-0.39, 0.29) is 0 Å². The van der Waals surface area contributed by atoms with E-state index in [1.807, 2.05) is 0 Å². The molecule has 40 heavy (non-hydrogen) atoms. The van der Waals surface area contributed by atoms with Gasteiger partial charge in [-0.25, -0.2) is 0 Å². The first-order chi connectivity index (χ1) is 19.8. The SMILES string of the molecule is [SeH]C(=P(c1ccccc1)(c1ccccc1)c1ccccc1)[P+](c1ccccc1)(c1ccccc1)c1ccccc1. The summed E-state index contributed by atoms with van der Waals surface area (Å²) in [7, 11) is -2.32. The number of rotatable bonds is 7. The quantitative estimate of drug-likeness (QED) is 0.153. The Hall–Kier alpha value is -3.43. The zero-order valence-corrected chi connectivity index (χ0v) is 25.8. The Kier molecular flexibility index (Phi) is 8.02. The van der Waals surface area contributed by atoms with Gasteiger partial charge in [0.25, 0.3) is 0 Å². The summed E-state index contributed by atoms with van der Waals surface area (Å²) >= 11 is 3.17. The van der Waals surface area contributed by atoms with E-state index in [2.05, 4.69) is 198 Å². The Morgan fingerprint density at radius 3 is 0.825 bits per heavy atom. The van der Waals surface area contributed by atoms with E-state index in [0.717, 1.165) is 0 Å². The summed E-state index contributed by atoms with van der Waals surface area (Å²) in [6, 6.07) is 67.3. The van der Waals surface area contributed by atoms with E-state index in [1.165, 1.54) is 35.8 Å². The van der Waals surface area contributed by atoms with Crippen molar-refractivity contribution in [3.05, 3.63) is 182 Å². The average molecular weight is 617 g/mol. The van der Waals surface area contributed by atoms with Gasteiger partial charge in [-0.3, -0.25) is 0 Å². The van der Waals surface area contributed by atoms with Gasteiger partial charge in [0.15, 0.2) is 0 Å². The average Bonchev–Trinajstić information content (AvgIpc) is 3.05. The monoisotopic (exact) mass is 617 g/mol. The molecule has 0 aliphatic rings. The minimum atomic E-state index is -2.32. The van der Waals surface area contributed by atoms with Crippen molar-refractivity contribution in [2.75, 3.05) is 0 Å². The molecule has 6 aromatic carbocycles. The Morgan fingerprint density at radius 2 is 0.575 bits per heavy atom. The van der Waals surface area contributed by atoms with Crippen LogP contribution in [0.5, 0.6) is 0 Å². The van der Waals surface area contributed by atoms with Crippen LogP contribution in [0.4, 0.5) is 0 Å². The number of hydrogen-bond donors (Lipinski definition) is 0. The van der Waals surface area contributed by atoms with Crippen LogP contribution in [0.3, 0.4) is 0 Å². The predicted octanol–water partition coefficient (Wildman–Crippen LogP) is 5.96. The van der Waals surface area contributed by atoms with Gasteiger partial charge < -0.3 is 0 Å². The van der Waals surface area contributed by atoms with Crippen LogP contribution < -0.4 is 31.8 Å². The maximum atomic E-state index is 3.17. The molecule has 0 aliphatic carbocycles. The fourth-order valence-corrected chi connectivity index (χ4v) is 20.9. The van der Waals surface area contributed by atoms with Gasteiger partial charge in [-0.1, -0.05) is 0 Å². The molecule has 0 aliphatic heterocycles. The van der Waals surface area contributed by atoms with E-state index in [4.69, 9.17) is 0 Å². The molecule has 0 N–H and O–H groups in total. The predicted molar refractivity (Wildman–Crippen MR) is 182 cm³/mol. The van der Waals surface area contributed by atoms with Gasteiger partial charge in [-0.05, 0) is 0 Å². The maximum absolute atomic E-state index is 3.17. The molecule has 0 unspecified atom stereocenters. The van der Waals surface area contributed by atoms with Crippen molar-refractivity contribution in [3.63, 3.8) is 0 Å². The molecule has 194 valence electrons. The molecule has 0 atom stereocenters. The molecule has 3 heteroatoms. The molecule has 0 nitrogen and oxygen atoms in total. The van der Waals surface area contributed by atoms with Gasteiger partial charge in [0.2, 0.25) is 0 Å². The standard InChI is InChI=1S/C37H30P2Se/c40-37(38(31-19-7-1-8-20-31,32-21-9-2-10-22-32)33-23-11-3-12-24-33)39(34-25-13-4-14-26-34,35-27-15-5-16-28-35)36-29-17-6-18-30-36/h1-30H/p+1. The Labute approximate surface area is 246 Å². The number of benzene rings is 6. The van der Waals surface area contributed by atoms with E-state index >= 15 is 0 Å². The van der Waals surface area contributed by atoms with Crippen molar-refractivity contribution in [1.82, 2.24) is 0 Å². The Balaban J connectivity index is 1.94. The summed E-state index contributed by atoms with van der Waals surface area (Å²) in [5.41, 5.74) is 0. The van der Waals surface area contributed by atoms with E-state index in [9.17, 15) is 0 Å². The topological polar surface area (TPSA) is 0 Å². The summed E-state index contributed by atoms with van der Waals surface area (Å²) in [6.45, 7) is -2.32. The van der Waals surface area contributed by atoms with Gasteiger partial charge in [-0.2, -0.15) is 0 Å². The second kappa shape index (κ2) is 12.0. The molecule has 6 rings (SSSR count). The summed E-state index contributed by atoms with van der Waals surface area (Å²) in [6.07, 6.45) is 0. The zero-order valence-electron chi connectivity index (χ0n) is 22.2. The summed E-state index contributed by atoms with van der Waals surface area (Å²) in [5, 5.41) is 8.22. The third kappa shape index (κ3) is 4.55. The van der Waals surface area contributed by atoms with Crippen LogP contribution in [0.1, 0.15) is 0 Å². The molecule has 0 heterocycles. The summed E-state index contributed by atoms with van der Waals surface area (Å²) in [5.74, 6) is 0. The molecule has 0 saturated heterocycles. The fraction of sp³-hybridized carbons (Fsp3) is 0. The Bertz CT molecular complexity index is 1520. The van der Waals surface area contributed by atoms with Gasteiger partial charge >= 0.3 is 248 Å². The van der Waals surface area contributed by atoms with Gasteiger partial charge in [0.1, 0.15) is 0 Å². The first-order valence-electron chi connectivity index (χ1n) is 13.5. The number of hydrogen-bond acceptors (Lipinski definition) is 0. The van der Waals surface area contributed by atoms with Crippen LogP contribution in [0.2, 0.25) is 0 Å². The normalized spacial score (nSPS) is 11.6. The molecule has 0 saturated carbocycles. The third-order valence-corrected chi connectivity index (χ3v) is 20.7. The Morgan fingerprint density at radius 1 is 0.350 bits per heavy atom.